The van der Waals surface area contributed by atoms with Gasteiger partial charge in [0.1, 0.15) is 0 Å². The van der Waals surface area contributed by atoms with E-state index < -0.39 is 0 Å². The number of aromatic hydroxyl groups is 1. The minimum atomic E-state index is 0.275. The Morgan fingerprint density at radius 3 is 1.93 bits per heavy atom. The number of phenolic OH excluding ortho intramolecular Hbond substituents is 1. The summed E-state index contributed by atoms with van der Waals surface area (Å²) in [7, 11) is 0. The normalized spacial score (nSPS) is 9.93. The summed E-state index contributed by atoms with van der Waals surface area (Å²) in [6, 6.07) is 3.72. The Bertz CT molecular complexity index is 288. The summed E-state index contributed by atoms with van der Waals surface area (Å²) < 4.78 is 0.946. The third-order valence-electron chi connectivity index (χ3n) is 1.81. The standard InChI is InChI=1S/C10H15BrN2O/c1-3-12-8-5-7(11)6-9(10(8)14)13-4-2/h5-6,12-14H,3-4H2,1-2H3. The van der Waals surface area contributed by atoms with Crippen LogP contribution in [0.15, 0.2) is 16.6 Å². The second kappa shape index (κ2) is 5.10. The van der Waals surface area contributed by atoms with Crippen molar-refractivity contribution < 1.29 is 5.11 Å². The summed E-state index contributed by atoms with van der Waals surface area (Å²) in [6.07, 6.45) is 0. The van der Waals surface area contributed by atoms with Gasteiger partial charge in [0, 0.05) is 17.6 Å². The molecular formula is C10H15BrN2O. The van der Waals surface area contributed by atoms with Gasteiger partial charge in [0.15, 0.2) is 5.75 Å². The lowest BCUT2D eigenvalue weighted by molar-refractivity contribution is 0.479. The molecule has 78 valence electrons. The summed E-state index contributed by atoms with van der Waals surface area (Å²) in [5.74, 6) is 0.275. The molecule has 0 radical (unpaired) electrons. The molecule has 0 heterocycles. The lowest BCUT2D eigenvalue weighted by Crippen LogP contribution is -2.01. The second-order valence-electron chi connectivity index (χ2n) is 2.91. The fourth-order valence-electron chi connectivity index (χ4n) is 1.25. The average Bonchev–Trinajstić information content (AvgIpc) is 2.14. The van der Waals surface area contributed by atoms with Gasteiger partial charge in [0.25, 0.3) is 0 Å². The monoisotopic (exact) mass is 258 g/mol. The lowest BCUT2D eigenvalue weighted by atomic mass is 10.2. The molecule has 14 heavy (non-hydrogen) atoms. The molecule has 0 saturated heterocycles. The molecule has 4 heteroatoms. The molecule has 0 amide bonds. The molecule has 0 saturated carbocycles. The topological polar surface area (TPSA) is 44.3 Å². The molecule has 0 fully saturated rings. The molecule has 0 spiro atoms. The molecule has 0 aromatic heterocycles. The zero-order valence-corrected chi connectivity index (χ0v) is 9.98. The Kier molecular flexibility index (Phi) is 4.07. The zero-order valence-electron chi connectivity index (χ0n) is 8.39. The van der Waals surface area contributed by atoms with E-state index in [1.54, 1.807) is 0 Å². The van der Waals surface area contributed by atoms with Crippen molar-refractivity contribution in [2.75, 3.05) is 23.7 Å². The van der Waals surface area contributed by atoms with Gasteiger partial charge in [0.2, 0.25) is 0 Å². The highest BCUT2D eigenvalue weighted by molar-refractivity contribution is 9.10. The van der Waals surface area contributed by atoms with E-state index in [2.05, 4.69) is 26.6 Å². The van der Waals surface area contributed by atoms with E-state index >= 15 is 0 Å². The zero-order chi connectivity index (χ0) is 10.6. The largest absolute Gasteiger partial charge is 0.504 e. The van der Waals surface area contributed by atoms with Gasteiger partial charge in [-0.3, -0.25) is 0 Å². The molecule has 1 aromatic rings. The lowest BCUT2D eigenvalue weighted by Gasteiger charge is -2.12. The Balaban J connectivity index is 3.04. The van der Waals surface area contributed by atoms with Crippen LogP contribution in [0, 0.1) is 0 Å². The van der Waals surface area contributed by atoms with Crippen molar-refractivity contribution in [3.63, 3.8) is 0 Å². The van der Waals surface area contributed by atoms with E-state index in [-0.39, 0.29) is 5.75 Å². The number of nitrogens with one attached hydrogen (secondary N) is 2. The van der Waals surface area contributed by atoms with Crippen molar-refractivity contribution in [2.45, 2.75) is 13.8 Å². The molecule has 0 bridgehead atoms. The van der Waals surface area contributed by atoms with Crippen LogP contribution in [-0.4, -0.2) is 18.2 Å². The Morgan fingerprint density at radius 1 is 1.14 bits per heavy atom. The predicted octanol–water partition coefficient (Wildman–Crippen LogP) is 3.02. The third-order valence-corrected chi connectivity index (χ3v) is 2.27. The first-order valence-electron chi connectivity index (χ1n) is 4.69. The summed E-state index contributed by atoms with van der Waals surface area (Å²) >= 11 is 3.40. The Morgan fingerprint density at radius 2 is 1.57 bits per heavy atom. The predicted molar refractivity (Wildman–Crippen MR) is 64.1 cm³/mol. The van der Waals surface area contributed by atoms with Gasteiger partial charge in [-0.15, -0.1) is 0 Å². The summed E-state index contributed by atoms with van der Waals surface area (Å²) in [6.45, 7) is 5.56. The van der Waals surface area contributed by atoms with Gasteiger partial charge in [-0.1, -0.05) is 15.9 Å². The Labute approximate surface area is 92.7 Å². The van der Waals surface area contributed by atoms with Gasteiger partial charge in [-0.25, -0.2) is 0 Å². The van der Waals surface area contributed by atoms with Crippen molar-refractivity contribution in [1.82, 2.24) is 0 Å². The minimum absolute atomic E-state index is 0.275. The number of rotatable bonds is 4. The van der Waals surface area contributed by atoms with Crippen LogP contribution in [-0.2, 0) is 0 Å². The summed E-state index contributed by atoms with van der Waals surface area (Å²) in [5.41, 5.74) is 1.50. The molecular weight excluding hydrogens is 244 g/mol. The third kappa shape index (κ3) is 2.54. The van der Waals surface area contributed by atoms with Crippen LogP contribution in [0.25, 0.3) is 0 Å². The van der Waals surface area contributed by atoms with Crippen LogP contribution in [0.5, 0.6) is 5.75 Å². The van der Waals surface area contributed by atoms with Crippen molar-refractivity contribution in [1.29, 1.82) is 0 Å². The minimum Gasteiger partial charge on any atom is -0.504 e. The first-order valence-corrected chi connectivity index (χ1v) is 5.48. The Hall–Kier alpha value is -0.900. The van der Waals surface area contributed by atoms with Crippen LogP contribution >= 0.6 is 15.9 Å². The van der Waals surface area contributed by atoms with Gasteiger partial charge >= 0.3 is 0 Å². The van der Waals surface area contributed by atoms with E-state index in [4.69, 9.17) is 0 Å². The number of hydrogen-bond acceptors (Lipinski definition) is 3. The molecule has 3 N–H and O–H groups in total. The molecule has 0 aliphatic heterocycles. The van der Waals surface area contributed by atoms with Crippen molar-refractivity contribution in [2.24, 2.45) is 0 Å². The van der Waals surface area contributed by atoms with Crippen molar-refractivity contribution in [3.8, 4) is 5.75 Å². The van der Waals surface area contributed by atoms with Crippen molar-refractivity contribution in [3.05, 3.63) is 16.6 Å². The van der Waals surface area contributed by atoms with Gasteiger partial charge in [0.05, 0.1) is 11.4 Å². The SMILES string of the molecule is CCNc1cc(Br)cc(NCC)c1O. The van der Waals surface area contributed by atoms with Crippen LogP contribution in [0.2, 0.25) is 0 Å². The summed E-state index contributed by atoms with van der Waals surface area (Å²) in [5, 5.41) is 16.0. The molecule has 1 rings (SSSR count). The van der Waals surface area contributed by atoms with Crippen LogP contribution < -0.4 is 10.6 Å². The molecule has 1 aromatic carbocycles. The quantitative estimate of drug-likeness (QED) is 0.728. The van der Waals surface area contributed by atoms with Crippen LogP contribution in [0.4, 0.5) is 11.4 Å². The summed E-state index contributed by atoms with van der Waals surface area (Å²) in [4.78, 5) is 0. The molecule has 0 aliphatic rings. The van der Waals surface area contributed by atoms with Gasteiger partial charge in [-0.05, 0) is 26.0 Å². The fraction of sp³-hybridized carbons (Fsp3) is 0.400. The number of anilines is 2. The number of benzene rings is 1. The number of halogens is 1. The second-order valence-corrected chi connectivity index (χ2v) is 3.83. The maximum absolute atomic E-state index is 9.83. The van der Waals surface area contributed by atoms with Gasteiger partial charge in [-0.2, -0.15) is 0 Å². The van der Waals surface area contributed by atoms with E-state index in [1.807, 2.05) is 26.0 Å². The van der Waals surface area contributed by atoms with E-state index in [0.717, 1.165) is 28.9 Å². The first-order chi connectivity index (χ1) is 6.69. The van der Waals surface area contributed by atoms with E-state index in [1.165, 1.54) is 0 Å². The number of hydrogen-bond donors (Lipinski definition) is 3. The average molecular weight is 259 g/mol. The maximum atomic E-state index is 9.83. The van der Waals surface area contributed by atoms with Crippen LogP contribution in [0.3, 0.4) is 0 Å². The highest BCUT2D eigenvalue weighted by Gasteiger charge is 2.07. The fourth-order valence-corrected chi connectivity index (χ4v) is 1.71. The highest BCUT2D eigenvalue weighted by Crippen LogP contribution is 2.35. The maximum Gasteiger partial charge on any atom is 0.162 e. The highest BCUT2D eigenvalue weighted by atomic mass is 79.9. The van der Waals surface area contributed by atoms with Crippen molar-refractivity contribution >= 4 is 27.3 Å². The molecule has 0 atom stereocenters. The van der Waals surface area contributed by atoms with E-state index in [0.29, 0.717) is 0 Å². The molecule has 3 nitrogen and oxygen atoms in total. The van der Waals surface area contributed by atoms with Crippen LogP contribution in [0.1, 0.15) is 13.8 Å². The molecule has 0 unspecified atom stereocenters. The first kappa shape index (κ1) is 11.2. The van der Waals surface area contributed by atoms with Gasteiger partial charge < -0.3 is 15.7 Å². The number of phenols is 1. The van der Waals surface area contributed by atoms with E-state index in [9.17, 15) is 5.11 Å². The molecule has 0 aliphatic carbocycles. The smallest absolute Gasteiger partial charge is 0.162 e.